The number of nitrogens with zero attached hydrogens (tertiary/aromatic N) is 6. The van der Waals surface area contributed by atoms with Crippen molar-refractivity contribution in [3.63, 3.8) is 0 Å². The van der Waals surface area contributed by atoms with Crippen molar-refractivity contribution in [3.8, 4) is 22.4 Å². The number of fused-ring (bicyclic) bond motifs is 10. The molecular weight excluding hydrogens is 613 g/mol. The third-order valence-electron chi connectivity index (χ3n) is 10.6. The van der Waals surface area contributed by atoms with Gasteiger partial charge in [-0.2, -0.15) is 0 Å². The fraction of sp³-hybridized carbons (Fsp3) is 0.136. The quantitative estimate of drug-likeness (QED) is 0.192. The van der Waals surface area contributed by atoms with Gasteiger partial charge in [0, 0.05) is 45.6 Å². The van der Waals surface area contributed by atoms with Gasteiger partial charge in [0.05, 0.1) is 39.9 Å². The molecule has 6 heteroatoms. The summed E-state index contributed by atoms with van der Waals surface area (Å²) >= 11 is 0. The van der Waals surface area contributed by atoms with Crippen molar-refractivity contribution in [2.75, 3.05) is 0 Å². The molecule has 1 aliphatic heterocycles. The first-order chi connectivity index (χ1) is 24.5. The van der Waals surface area contributed by atoms with E-state index in [-0.39, 0.29) is 6.04 Å². The predicted octanol–water partition coefficient (Wildman–Crippen LogP) is 9.81. The van der Waals surface area contributed by atoms with E-state index >= 15 is 0 Å². The molecule has 0 fully saturated rings. The Morgan fingerprint density at radius 1 is 0.620 bits per heavy atom. The number of aryl methyl sites for hydroxylation is 4. The molecule has 240 valence electrons. The molecule has 0 bridgehead atoms. The maximum absolute atomic E-state index is 5.48. The van der Waals surface area contributed by atoms with E-state index in [9.17, 15) is 0 Å². The number of para-hydroxylation sites is 1. The van der Waals surface area contributed by atoms with E-state index in [0.717, 1.165) is 79.1 Å². The molecule has 8 aromatic rings. The first kappa shape index (κ1) is 28.8. The van der Waals surface area contributed by atoms with Crippen LogP contribution in [0.15, 0.2) is 121 Å². The molecule has 0 saturated heterocycles. The fourth-order valence-corrected chi connectivity index (χ4v) is 8.27. The largest absolute Gasteiger partial charge is 0.297 e. The molecule has 5 aromatic heterocycles. The Morgan fingerprint density at radius 3 is 2.02 bits per heavy atom. The Labute approximate surface area is 289 Å². The van der Waals surface area contributed by atoms with Crippen LogP contribution in [0.5, 0.6) is 0 Å². The normalized spacial score (nSPS) is 15.5. The zero-order valence-electron chi connectivity index (χ0n) is 28.4. The number of imidazole rings is 2. The summed E-state index contributed by atoms with van der Waals surface area (Å²) in [4.78, 5) is 21.7. The van der Waals surface area contributed by atoms with E-state index in [2.05, 4.69) is 152 Å². The highest BCUT2D eigenvalue weighted by Gasteiger charge is 2.33. The SMILES string of the molecule is Cc1cccc(C)c1C1=NC2CC=CC=C2c2nc3c(-c4cccn5c4nc4c6ccccc6nc(-c6c(C)cccc6C)c45)cccn3c21. The van der Waals surface area contributed by atoms with Crippen molar-refractivity contribution in [2.24, 2.45) is 4.99 Å². The van der Waals surface area contributed by atoms with Crippen molar-refractivity contribution in [2.45, 2.75) is 40.2 Å². The van der Waals surface area contributed by atoms with Gasteiger partial charge in [0.1, 0.15) is 16.8 Å². The summed E-state index contributed by atoms with van der Waals surface area (Å²) in [5, 5.41) is 1.04. The molecule has 1 aliphatic carbocycles. The van der Waals surface area contributed by atoms with E-state index in [1.54, 1.807) is 0 Å². The average Bonchev–Trinajstić information content (AvgIpc) is 3.72. The third-order valence-corrected chi connectivity index (χ3v) is 10.6. The zero-order chi connectivity index (χ0) is 33.7. The van der Waals surface area contributed by atoms with E-state index in [1.807, 2.05) is 0 Å². The van der Waals surface area contributed by atoms with Gasteiger partial charge in [-0.1, -0.05) is 72.8 Å². The minimum atomic E-state index is 0.0417. The van der Waals surface area contributed by atoms with Crippen molar-refractivity contribution in [1.82, 2.24) is 23.8 Å². The predicted molar refractivity (Wildman–Crippen MR) is 204 cm³/mol. The number of aromatic nitrogens is 5. The lowest BCUT2D eigenvalue weighted by atomic mass is 9.87. The van der Waals surface area contributed by atoms with Crippen LogP contribution in [-0.2, 0) is 0 Å². The molecule has 0 saturated carbocycles. The minimum Gasteiger partial charge on any atom is -0.297 e. The summed E-state index contributed by atoms with van der Waals surface area (Å²) < 4.78 is 4.47. The molecule has 3 aromatic carbocycles. The third kappa shape index (κ3) is 4.02. The van der Waals surface area contributed by atoms with Crippen molar-refractivity contribution >= 4 is 44.5 Å². The summed E-state index contributed by atoms with van der Waals surface area (Å²) in [6, 6.07) is 29.9. The molecule has 10 rings (SSSR count). The summed E-state index contributed by atoms with van der Waals surface area (Å²) in [7, 11) is 0. The van der Waals surface area contributed by atoms with Crippen LogP contribution >= 0.6 is 0 Å². The van der Waals surface area contributed by atoms with Crippen LogP contribution in [0.2, 0.25) is 0 Å². The first-order valence-electron chi connectivity index (χ1n) is 17.3. The van der Waals surface area contributed by atoms with Crippen molar-refractivity contribution < 1.29 is 0 Å². The number of hydrogen-bond acceptors (Lipinski definition) is 4. The van der Waals surface area contributed by atoms with Gasteiger partial charge in [0.15, 0.2) is 0 Å². The van der Waals surface area contributed by atoms with Crippen LogP contribution in [0, 0.1) is 27.7 Å². The van der Waals surface area contributed by atoms with E-state index in [4.69, 9.17) is 19.9 Å². The fourth-order valence-electron chi connectivity index (χ4n) is 8.27. The molecule has 6 heterocycles. The lowest BCUT2D eigenvalue weighted by Crippen LogP contribution is -2.24. The van der Waals surface area contributed by atoms with Gasteiger partial charge < -0.3 is 0 Å². The number of aliphatic imine (C=N–C) groups is 1. The molecular formula is C44H34N6. The lowest BCUT2D eigenvalue weighted by molar-refractivity contribution is 0.831. The second kappa shape index (κ2) is 10.7. The van der Waals surface area contributed by atoms with Crippen LogP contribution in [0.25, 0.3) is 61.2 Å². The highest BCUT2D eigenvalue weighted by molar-refractivity contribution is 6.18. The zero-order valence-corrected chi connectivity index (χ0v) is 28.4. The highest BCUT2D eigenvalue weighted by Crippen LogP contribution is 2.41. The second-order valence-corrected chi connectivity index (χ2v) is 13.6. The topological polar surface area (TPSA) is 59.8 Å². The van der Waals surface area contributed by atoms with Gasteiger partial charge in [0.25, 0.3) is 0 Å². The van der Waals surface area contributed by atoms with Crippen LogP contribution in [0.3, 0.4) is 0 Å². The second-order valence-electron chi connectivity index (χ2n) is 13.6. The Bertz CT molecular complexity index is 2800. The Morgan fingerprint density at radius 2 is 1.28 bits per heavy atom. The molecule has 0 N–H and O–H groups in total. The van der Waals surface area contributed by atoms with Crippen LogP contribution in [0.1, 0.15) is 45.6 Å². The molecule has 0 spiro atoms. The maximum Gasteiger partial charge on any atom is 0.146 e. The van der Waals surface area contributed by atoms with Crippen molar-refractivity contribution in [1.29, 1.82) is 0 Å². The molecule has 2 aliphatic rings. The van der Waals surface area contributed by atoms with E-state index < -0.39 is 0 Å². The molecule has 50 heavy (non-hydrogen) atoms. The molecule has 1 atom stereocenters. The van der Waals surface area contributed by atoms with Gasteiger partial charge in [-0.05, 0) is 86.7 Å². The van der Waals surface area contributed by atoms with Crippen LogP contribution in [0.4, 0.5) is 0 Å². The Balaban J connectivity index is 1.28. The highest BCUT2D eigenvalue weighted by atomic mass is 15.1. The maximum atomic E-state index is 5.48. The Hall–Kier alpha value is -6.14. The number of pyridine rings is 3. The van der Waals surface area contributed by atoms with E-state index in [0.29, 0.717) is 0 Å². The summed E-state index contributed by atoms with van der Waals surface area (Å²) in [5.41, 5.74) is 19.1. The summed E-state index contributed by atoms with van der Waals surface area (Å²) in [6.45, 7) is 8.69. The molecule has 6 nitrogen and oxygen atoms in total. The first-order valence-corrected chi connectivity index (χ1v) is 17.3. The van der Waals surface area contributed by atoms with Crippen LogP contribution in [-0.4, -0.2) is 35.5 Å². The molecule has 0 amide bonds. The minimum absolute atomic E-state index is 0.0417. The van der Waals surface area contributed by atoms with Gasteiger partial charge >= 0.3 is 0 Å². The van der Waals surface area contributed by atoms with Crippen molar-refractivity contribution in [3.05, 3.63) is 155 Å². The van der Waals surface area contributed by atoms with Gasteiger partial charge in [0.2, 0.25) is 0 Å². The number of allylic oxidation sites excluding steroid dienone is 2. The summed E-state index contributed by atoms with van der Waals surface area (Å²) in [6.07, 6.45) is 11.7. The lowest BCUT2D eigenvalue weighted by Gasteiger charge is -2.26. The molecule has 0 radical (unpaired) electrons. The van der Waals surface area contributed by atoms with Crippen LogP contribution < -0.4 is 0 Å². The van der Waals surface area contributed by atoms with E-state index in [1.165, 1.54) is 33.4 Å². The average molecular weight is 647 g/mol. The smallest absolute Gasteiger partial charge is 0.146 e. The van der Waals surface area contributed by atoms with Gasteiger partial charge in [-0.15, -0.1) is 0 Å². The van der Waals surface area contributed by atoms with Gasteiger partial charge in [-0.25, -0.2) is 15.0 Å². The number of rotatable bonds is 3. The van der Waals surface area contributed by atoms with Gasteiger partial charge in [-0.3, -0.25) is 13.8 Å². The monoisotopic (exact) mass is 646 g/mol. The Kier molecular flexibility index (Phi) is 6.16. The molecule has 1 unspecified atom stereocenters. The number of hydrogen-bond donors (Lipinski definition) is 0. The number of benzene rings is 3. The summed E-state index contributed by atoms with van der Waals surface area (Å²) in [5.74, 6) is 0. The standard InChI is InChI=1S/C44H34N6/c1-25-13-9-14-26(2)35(25)39-41-37(31-17-5-7-21-33(31)45-39)47-43-29(19-11-23-49(41)43)30-20-12-24-50-42-38(48-44(30)50)32-18-6-8-22-34(32)46-40(42)36-27(3)15-10-16-28(36)4/h5-21,23-24,34H,22H2,1-4H3.